The maximum Gasteiger partial charge on any atom is 0.416 e. The van der Waals surface area contributed by atoms with Crippen molar-refractivity contribution in [3.63, 3.8) is 0 Å². The number of aromatic amines is 1. The molecule has 62 valence electrons. The average Bonchev–Trinajstić information content (AvgIpc) is 2.08. The first-order valence-corrected chi connectivity index (χ1v) is 3.30. The van der Waals surface area contributed by atoms with Gasteiger partial charge in [-0.05, 0) is 20.8 Å². The van der Waals surface area contributed by atoms with Gasteiger partial charge in [0, 0.05) is 0 Å². The Labute approximate surface area is 63.2 Å². The second kappa shape index (κ2) is 2.22. The molecule has 0 aliphatic heterocycles. The Bertz CT molecular complexity index is 305. The highest BCUT2D eigenvalue weighted by molar-refractivity contribution is 5.11. The van der Waals surface area contributed by atoms with E-state index in [2.05, 4.69) is 9.40 Å². The number of rotatable bonds is 1. The number of aromatic nitrogens is 1. The SMILES string of the molecule is Cc1[nH]c(=O)oc1C(C)(C)F. The molecule has 0 saturated heterocycles. The van der Waals surface area contributed by atoms with E-state index in [4.69, 9.17) is 0 Å². The molecular formula is C7H10FNO2. The molecular weight excluding hydrogens is 149 g/mol. The third kappa shape index (κ3) is 1.50. The Morgan fingerprint density at radius 3 is 2.27 bits per heavy atom. The molecule has 0 aliphatic rings. The molecule has 0 aromatic carbocycles. The predicted octanol–water partition coefficient (Wildman–Crippen LogP) is 1.48. The van der Waals surface area contributed by atoms with Crippen molar-refractivity contribution in [3.05, 3.63) is 22.0 Å². The van der Waals surface area contributed by atoms with Gasteiger partial charge in [0.2, 0.25) is 0 Å². The Hall–Kier alpha value is -1.06. The highest BCUT2D eigenvalue weighted by atomic mass is 19.1. The minimum absolute atomic E-state index is 0.0718. The number of alkyl halides is 1. The van der Waals surface area contributed by atoms with Crippen molar-refractivity contribution in [3.8, 4) is 0 Å². The molecule has 1 N–H and O–H groups in total. The maximum atomic E-state index is 13.1. The van der Waals surface area contributed by atoms with Gasteiger partial charge < -0.3 is 4.42 Å². The van der Waals surface area contributed by atoms with Crippen LogP contribution >= 0.6 is 0 Å². The standard InChI is InChI=1S/C7H10FNO2/c1-4-5(7(2,3)8)11-6(10)9-4/h1-3H3,(H,9,10). The number of H-pyrrole nitrogens is 1. The summed E-state index contributed by atoms with van der Waals surface area (Å²) < 4.78 is 17.7. The highest BCUT2D eigenvalue weighted by Crippen LogP contribution is 2.25. The summed E-state index contributed by atoms with van der Waals surface area (Å²) in [6.45, 7) is 4.28. The van der Waals surface area contributed by atoms with E-state index >= 15 is 0 Å². The fourth-order valence-corrected chi connectivity index (χ4v) is 0.972. The van der Waals surface area contributed by atoms with Crippen LogP contribution in [0, 0.1) is 6.92 Å². The number of nitrogens with one attached hydrogen (secondary N) is 1. The van der Waals surface area contributed by atoms with Gasteiger partial charge in [-0.15, -0.1) is 0 Å². The molecule has 0 unspecified atom stereocenters. The zero-order valence-electron chi connectivity index (χ0n) is 6.69. The normalized spacial score (nSPS) is 12.0. The Morgan fingerprint density at radius 2 is 2.09 bits per heavy atom. The largest absolute Gasteiger partial charge is 0.416 e. The molecule has 0 amide bonds. The lowest BCUT2D eigenvalue weighted by atomic mass is 10.1. The van der Waals surface area contributed by atoms with E-state index in [1.807, 2.05) is 0 Å². The van der Waals surface area contributed by atoms with Gasteiger partial charge in [-0.1, -0.05) is 0 Å². The summed E-state index contributed by atoms with van der Waals surface area (Å²) in [6.07, 6.45) is 0. The molecule has 0 spiro atoms. The van der Waals surface area contributed by atoms with Gasteiger partial charge in [-0.25, -0.2) is 9.18 Å². The molecule has 1 aromatic heterocycles. The molecule has 0 radical (unpaired) electrons. The Kier molecular flexibility index (Phi) is 1.62. The molecule has 0 bridgehead atoms. The fraction of sp³-hybridized carbons (Fsp3) is 0.571. The van der Waals surface area contributed by atoms with Crippen molar-refractivity contribution < 1.29 is 8.81 Å². The monoisotopic (exact) mass is 159 g/mol. The van der Waals surface area contributed by atoms with Crippen molar-refractivity contribution in [1.82, 2.24) is 4.98 Å². The first kappa shape index (κ1) is 8.04. The summed E-state index contributed by atoms with van der Waals surface area (Å²) in [7, 11) is 0. The van der Waals surface area contributed by atoms with E-state index in [1.165, 1.54) is 13.8 Å². The summed E-state index contributed by atoms with van der Waals surface area (Å²) >= 11 is 0. The van der Waals surface area contributed by atoms with Crippen LogP contribution in [0.2, 0.25) is 0 Å². The van der Waals surface area contributed by atoms with Gasteiger partial charge in [0.05, 0.1) is 5.69 Å². The molecule has 3 nitrogen and oxygen atoms in total. The smallest absolute Gasteiger partial charge is 0.409 e. The topological polar surface area (TPSA) is 46.0 Å². The minimum atomic E-state index is -1.59. The van der Waals surface area contributed by atoms with Crippen LogP contribution in [0.15, 0.2) is 9.21 Å². The summed E-state index contributed by atoms with van der Waals surface area (Å²) in [4.78, 5) is 12.9. The van der Waals surface area contributed by atoms with Gasteiger partial charge in [-0.2, -0.15) is 0 Å². The highest BCUT2D eigenvalue weighted by Gasteiger charge is 2.26. The van der Waals surface area contributed by atoms with Crippen molar-refractivity contribution in [2.45, 2.75) is 26.4 Å². The van der Waals surface area contributed by atoms with Crippen LogP contribution < -0.4 is 5.76 Å². The first-order valence-electron chi connectivity index (χ1n) is 3.30. The Balaban J connectivity index is 3.24. The molecule has 0 saturated carbocycles. The summed E-state index contributed by atoms with van der Waals surface area (Å²) in [5, 5.41) is 0. The number of aryl methyl sites for hydroxylation is 1. The van der Waals surface area contributed by atoms with Gasteiger partial charge in [0.15, 0.2) is 11.4 Å². The third-order valence-corrected chi connectivity index (χ3v) is 1.36. The summed E-state index contributed by atoms with van der Waals surface area (Å²) in [5.41, 5.74) is -1.15. The van der Waals surface area contributed by atoms with E-state index in [1.54, 1.807) is 6.92 Å². The number of hydrogen-bond donors (Lipinski definition) is 1. The van der Waals surface area contributed by atoms with E-state index in [9.17, 15) is 9.18 Å². The van der Waals surface area contributed by atoms with E-state index in [0.717, 1.165) is 0 Å². The van der Waals surface area contributed by atoms with Crippen molar-refractivity contribution in [2.75, 3.05) is 0 Å². The maximum absolute atomic E-state index is 13.1. The quantitative estimate of drug-likeness (QED) is 0.674. The van der Waals surface area contributed by atoms with Gasteiger partial charge in [0.1, 0.15) is 0 Å². The molecule has 0 fully saturated rings. The molecule has 0 atom stereocenters. The second-order valence-electron chi connectivity index (χ2n) is 2.94. The van der Waals surface area contributed by atoms with Crippen LogP contribution in [0.5, 0.6) is 0 Å². The molecule has 11 heavy (non-hydrogen) atoms. The van der Waals surface area contributed by atoms with E-state index < -0.39 is 11.4 Å². The molecule has 1 rings (SSSR count). The minimum Gasteiger partial charge on any atom is -0.409 e. The number of halogens is 1. The lowest BCUT2D eigenvalue weighted by Gasteiger charge is -2.09. The second-order valence-corrected chi connectivity index (χ2v) is 2.94. The van der Waals surface area contributed by atoms with Crippen molar-refractivity contribution in [1.29, 1.82) is 0 Å². The van der Waals surface area contributed by atoms with Crippen LogP contribution in [0.25, 0.3) is 0 Å². The molecule has 1 heterocycles. The van der Waals surface area contributed by atoms with Gasteiger partial charge in [-0.3, -0.25) is 4.98 Å². The summed E-state index contributed by atoms with van der Waals surface area (Å²) in [5.74, 6) is -0.536. The average molecular weight is 159 g/mol. The molecule has 1 aromatic rings. The number of hydrogen-bond acceptors (Lipinski definition) is 2. The van der Waals surface area contributed by atoms with Gasteiger partial charge in [0.25, 0.3) is 0 Å². The fourth-order valence-electron chi connectivity index (χ4n) is 0.972. The summed E-state index contributed by atoms with van der Waals surface area (Å²) in [6, 6.07) is 0. The number of oxazole rings is 1. The molecule has 4 heteroatoms. The first-order chi connectivity index (χ1) is 4.91. The zero-order valence-corrected chi connectivity index (χ0v) is 6.69. The van der Waals surface area contributed by atoms with Crippen molar-refractivity contribution >= 4 is 0 Å². The molecule has 0 aliphatic carbocycles. The lowest BCUT2D eigenvalue weighted by molar-refractivity contribution is 0.174. The van der Waals surface area contributed by atoms with Gasteiger partial charge >= 0.3 is 5.76 Å². The van der Waals surface area contributed by atoms with Crippen LogP contribution in [0.3, 0.4) is 0 Å². The zero-order chi connectivity index (χ0) is 8.65. The predicted molar refractivity (Wildman–Crippen MR) is 38.2 cm³/mol. The van der Waals surface area contributed by atoms with Crippen LogP contribution in [0.4, 0.5) is 4.39 Å². The van der Waals surface area contributed by atoms with Crippen LogP contribution in [-0.2, 0) is 5.67 Å². The van der Waals surface area contributed by atoms with E-state index in [0.29, 0.717) is 5.69 Å². The third-order valence-electron chi connectivity index (χ3n) is 1.36. The van der Waals surface area contributed by atoms with Crippen molar-refractivity contribution in [2.24, 2.45) is 0 Å². The van der Waals surface area contributed by atoms with Crippen LogP contribution in [0.1, 0.15) is 25.3 Å². The lowest BCUT2D eigenvalue weighted by Crippen LogP contribution is -2.09. The Morgan fingerprint density at radius 1 is 1.55 bits per heavy atom. The van der Waals surface area contributed by atoms with E-state index in [-0.39, 0.29) is 5.76 Å². The van der Waals surface area contributed by atoms with Crippen LogP contribution in [-0.4, -0.2) is 4.98 Å².